The van der Waals surface area contributed by atoms with E-state index in [1.807, 2.05) is 26.0 Å². The molecule has 3 aromatic rings. The van der Waals surface area contributed by atoms with Gasteiger partial charge in [0.1, 0.15) is 29.5 Å². The highest BCUT2D eigenvalue weighted by Gasteiger charge is 2.12. The summed E-state index contributed by atoms with van der Waals surface area (Å²) in [6.07, 6.45) is 3.46. The number of nitrogens with zero attached hydrogens (tertiary/aromatic N) is 4. The molecule has 146 valence electrons. The van der Waals surface area contributed by atoms with E-state index in [1.165, 1.54) is 6.33 Å². The molecular formula is C19H23N7O2. The molecule has 1 amide bonds. The van der Waals surface area contributed by atoms with Crippen molar-refractivity contribution in [3.05, 3.63) is 53.3 Å². The number of pyridine rings is 1. The molecule has 0 aliphatic carbocycles. The fraction of sp³-hybridized carbons (Fsp3) is 0.316. The minimum atomic E-state index is -0.0771. The number of carbonyl (C=O) groups excluding carboxylic acids is 1. The highest BCUT2D eigenvalue weighted by molar-refractivity contribution is 5.79. The van der Waals surface area contributed by atoms with Crippen molar-refractivity contribution in [3.63, 3.8) is 0 Å². The monoisotopic (exact) mass is 381 g/mol. The summed E-state index contributed by atoms with van der Waals surface area (Å²) in [5.41, 5.74) is 2.69. The van der Waals surface area contributed by atoms with Crippen LogP contribution in [0.25, 0.3) is 0 Å². The number of aryl methyl sites for hydroxylation is 3. The fourth-order valence-corrected chi connectivity index (χ4v) is 2.63. The number of amides is 1. The molecule has 0 saturated carbocycles. The smallest absolute Gasteiger partial charge is 0.224 e. The minimum absolute atomic E-state index is 0.0771. The third-order valence-electron chi connectivity index (χ3n) is 4.11. The number of nitrogens with one attached hydrogen (secondary N) is 3. The number of rotatable bonds is 8. The summed E-state index contributed by atoms with van der Waals surface area (Å²) >= 11 is 0. The van der Waals surface area contributed by atoms with Crippen molar-refractivity contribution >= 4 is 23.4 Å². The Bertz CT molecular complexity index is 935. The molecule has 0 unspecified atom stereocenters. The molecule has 0 saturated heterocycles. The lowest BCUT2D eigenvalue weighted by atomic mass is 10.1. The second-order valence-corrected chi connectivity index (χ2v) is 6.39. The van der Waals surface area contributed by atoms with Crippen LogP contribution in [0.2, 0.25) is 0 Å². The van der Waals surface area contributed by atoms with Crippen molar-refractivity contribution in [3.8, 4) is 0 Å². The summed E-state index contributed by atoms with van der Waals surface area (Å²) in [6.45, 7) is 6.63. The van der Waals surface area contributed by atoms with Gasteiger partial charge in [0, 0.05) is 30.9 Å². The average Bonchev–Trinajstić information content (AvgIpc) is 2.98. The topological polar surface area (TPSA) is 118 Å². The van der Waals surface area contributed by atoms with E-state index in [4.69, 9.17) is 4.52 Å². The van der Waals surface area contributed by atoms with Gasteiger partial charge in [-0.2, -0.15) is 0 Å². The first-order valence-corrected chi connectivity index (χ1v) is 8.95. The number of hydrogen-bond donors (Lipinski definition) is 3. The van der Waals surface area contributed by atoms with Gasteiger partial charge in [0.2, 0.25) is 5.91 Å². The Kier molecular flexibility index (Phi) is 6.15. The van der Waals surface area contributed by atoms with Gasteiger partial charge < -0.3 is 20.5 Å². The van der Waals surface area contributed by atoms with Gasteiger partial charge in [0.25, 0.3) is 0 Å². The Balaban J connectivity index is 1.45. The molecule has 0 fully saturated rings. The molecule has 0 aromatic carbocycles. The zero-order valence-electron chi connectivity index (χ0n) is 16.1. The van der Waals surface area contributed by atoms with E-state index in [9.17, 15) is 4.79 Å². The lowest BCUT2D eigenvalue weighted by molar-refractivity contribution is -0.120. The predicted molar refractivity (Wildman–Crippen MR) is 105 cm³/mol. The van der Waals surface area contributed by atoms with Crippen molar-refractivity contribution in [1.29, 1.82) is 0 Å². The van der Waals surface area contributed by atoms with Gasteiger partial charge in [-0.05, 0) is 38.5 Å². The van der Waals surface area contributed by atoms with E-state index in [0.29, 0.717) is 30.5 Å². The number of anilines is 3. The van der Waals surface area contributed by atoms with Crippen LogP contribution >= 0.6 is 0 Å². The SMILES string of the molecule is Cc1ccnc(Nc2cc(NCCNC(=O)Cc3c(C)noc3C)ncn2)c1. The zero-order chi connectivity index (χ0) is 19.9. The molecule has 0 aliphatic heterocycles. The molecule has 0 atom stereocenters. The zero-order valence-corrected chi connectivity index (χ0v) is 16.1. The molecule has 3 heterocycles. The van der Waals surface area contributed by atoms with Crippen LogP contribution in [0.3, 0.4) is 0 Å². The normalized spacial score (nSPS) is 10.5. The quantitative estimate of drug-likeness (QED) is 0.509. The number of carbonyl (C=O) groups is 1. The maximum Gasteiger partial charge on any atom is 0.224 e. The molecule has 0 bridgehead atoms. The van der Waals surface area contributed by atoms with Crippen molar-refractivity contribution in [2.75, 3.05) is 23.7 Å². The first-order valence-electron chi connectivity index (χ1n) is 8.95. The first-order chi connectivity index (χ1) is 13.5. The fourth-order valence-electron chi connectivity index (χ4n) is 2.63. The second-order valence-electron chi connectivity index (χ2n) is 6.39. The third kappa shape index (κ3) is 5.26. The van der Waals surface area contributed by atoms with Gasteiger partial charge in [-0.25, -0.2) is 15.0 Å². The van der Waals surface area contributed by atoms with Crippen LogP contribution in [-0.2, 0) is 11.2 Å². The lowest BCUT2D eigenvalue weighted by Gasteiger charge is -2.09. The van der Waals surface area contributed by atoms with E-state index < -0.39 is 0 Å². The summed E-state index contributed by atoms with van der Waals surface area (Å²) in [5.74, 6) is 2.61. The maximum atomic E-state index is 12.1. The van der Waals surface area contributed by atoms with Crippen molar-refractivity contribution < 1.29 is 9.32 Å². The number of hydrogen-bond acceptors (Lipinski definition) is 8. The van der Waals surface area contributed by atoms with Crippen LogP contribution in [0.15, 0.2) is 35.2 Å². The van der Waals surface area contributed by atoms with Crippen LogP contribution in [0.1, 0.15) is 22.6 Å². The summed E-state index contributed by atoms with van der Waals surface area (Å²) in [6, 6.07) is 5.65. The predicted octanol–water partition coefficient (Wildman–Crippen LogP) is 2.30. The van der Waals surface area contributed by atoms with Crippen LogP contribution in [0.4, 0.5) is 17.5 Å². The lowest BCUT2D eigenvalue weighted by Crippen LogP contribution is -2.30. The van der Waals surface area contributed by atoms with Crippen molar-refractivity contribution in [2.45, 2.75) is 27.2 Å². The maximum absolute atomic E-state index is 12.1. The highest BCUT2D eigenvalue weighted by atomic mass is 16.5. The first kappa shape index (κ1) is 19.3. The van der Waals surface area contributed by atoms with E-state index in [2.05, 4.69) is 36.1 Å². The van der Waals surface area contributed by atoms with Gasteiger partial charge in [-0.1, -0.05) is 5.16 Å². The van der Waals surface area contributed by atoms with E-state index >= 15 is 0 Å². The molecule has 9 nitrogen and oxygen atoms in total. The van der Waals surface area contributed by atoms with Gasteiger partial charge in [-0.3, -0.25) is 4.79 Å². The number of aromatic nitrogens is 4. The Morgan fingerprint density at radius 3 is 2.57 bits per heavy atom. The van der Waals surface area contributed by atoms with E-state index in [-0.39, 0.29) is 12.3 Å². The van der Waals surface area contributed by atoms with Gasteiger partial charge in [-0.15, -0.1) is 0 Å². The molecule has 9 heteroatoms. The Morgan fingerprint density at radius 2 is 1.82 bits per heavy atom. The minimum Gasteiger partial charge on any atom is -0.368 e. The Hall–Kier alpha value is -3.49. The molecule has 0 radical (unpaired) electrons. The molecule has 0 spiro atoms. The molecule has 3 rings (SSSR count). The summed E-state index contributed by atoms with van der Waals surface area (Å²) in [4.78, 5) is 24.7. The summed E-state index contributed by atoms with van der Waals surface area (Å²) in [5, 5.41) is 13.0. The van der Waals surface area contributed by atoms with Gasteiger partial charge >= 0.3 is 0 Å². The molecular weight excluding hydrogens is 358 g/mol. The van der Waals surface area contributed by atoms with Crippen molar-refractivity contribution in [2.24, 2.45) is 0 Å². The van der Waals surface area contributed by atoms with E-state index in [0.717, 1.165) is 22.6 Å². The Morgan fingerprint density at radius 1 is 1.04 bits per heavy atom. The molecule has 3 aromatic heterocycles. The van der Waals surface area contributed by atoms with Gasteiger partial charge in [0.15, 0.2) is 0 Å². The molecule has 28 heavy (non-hydrogen) atoms. The average molecular weight is 381 g/mol. The van der Waals surface area contributed by atoms with Crippen molar-refractivity contribution in [1.82, 2.24) is 25.4 Å². The summed E-state index contributed by atoms with van der Waals surface area (Å²) in [7, 11) is 0. The van der Waals surface area contributed by atoms with Crippen LogP contribution in [0.5, 0.6) is 0 Å². The molecule has 3 N–H and O–H groups in total. The molecule has 0 aliphatic rings. The largest absolute Gasteiger partial charge is 0.368 e. The van der Waals surface area contributed by atoms with Crippen LogP contribution in [0, 0.1) is 20.8 Å². The summed E-state index contributed by atoms with van der Waals surface area (Å²) < 4.78 is 5.07. The van der Waals surface area contributed by atoms with Gasteiger partial charge in [0.05, 0.1) is 12.1 Å². The van der Waals surface area contributed by atoms with Crippen LogP contribution in [-0.4, -0.2) is 39.1 Å². The third-order valence-corrected chi connectivity index (χ3v) is 4.11. The second kappa shape index (κ2) is 8.94. The highest BCUT2D eigenvalue weighted by Crippen LogP contribution is 2.15. The standard InChI is InChI=1S/C19H23N7O2/c1-12-4-5-20-17(8-12)25-18-10-16(23-11-24-18)21-6-7-22-19(27)9-15-13(2)26-28-14(15)3/h4-5,8,10-11H,6-7,9H2,1-3H3,(H,22,27)(H2,20,21,23,24,25). The Labute approximate surface area is 163 Å². The van der Waals surface area contributed by atoms with E-state index in [1.54, 1.807) is 19.2 Å². The van der Waals surface area contributed by atoms with Crippen LogP contribution < -0.4 is 16.0 Å².